The molecule has 0 fully saturated rings. The van der Waals surface area contributed by atoms with Crippen molar-refractivity contribution in [3.63, 3.8) is 0 Å². The van der Waals surface area contributed by atoms with Crippen LogP contribution in [0.5, 0.6) is 0 Å². The Morgan fingerprint density at radius 3 is 1.58 bits per heavy atom. The zero-order valence-corrected chi connectivity index (χ0v) is 34.5. The van der Waals surface area contributed by atoms with Crippen molar-refractivity contribution in [2.24, 2.45) is 29.6 Å². The van der Waals surface area contributed by atoms with Crippen LogP contribution in [0.2, 0.25) is 0 Å². The fourth-order valence-corrected chi connectivity index (χ4v) is 4.85. The van der Waals surface area contributed by atoms with Gasteiger partial charge in [0.15, 0.2) is 5.78 Å². The molecule has 0 atom stereocenters. The van der Waals surface area contributed by atoms with Gasteiger partial charge in [-0.3, -0.25) is 4.79 Å². The van der Waals surface area contributed by atoms with Gasteiger partial charge in [-0.15, -0.1) is 0 Å². The molecule has 6 heteroatoms. The Kier molecular flexibility index (Phi) is 29.0. The monoisotopic (exact) mass is 698 g/mol. The smallest absolute Gasteiger partial charge is 0.162 e. The van der Waals surface area contributed by atoms with Crippen LogP contribution in [0.15, 0.2) is 48.5 Å². The van der Waals surface area contributed by atoms with Crippen LogP contribution >= 0.6 is 0 Å². The molecule has 2 aromatic rings. The lowest BCUT2D eigenvalue weighted by molar-refractivity contribution is 0.0470. The summed E-state index contributed by atoms with van der Waals surface area (Å²) < 4.78 is 11.0. The Morgan fingerprint density at radius 2 is 1.10 bits per heavy atom. The number of nitrogens with one attached hydrogen (secondary N) is 3. The molecule has 2 aromatic carbocycles. The van der Waals surface area contributed by atoms with Gasteiger partial charge in [-0.25, -0.2) is 0 Å². The second-order valence-corrected chi connectivity index (χ2v) is 16.0. The highest BCUT2D eigenvalue weighted by atomic mass is 16.5. The molecule has 288 valence electrons. The predicted molar refractivity (Wildman–Crippen MR) is 219 cm³/mol. The van der Waals surface area contributed by atoms with Crippen LogP contribution < -0.4 is 16.0 Å². The van der Waals surface area contributed by atoms with Crippen molar-refractivity contribution in [3.8, 4) is 0 Å². The third-order valence-corrected chi connectivity index (χ3v) is 7.55. The fourth-order valence-electron chi connectivity index (χ4n) is 4.85. The highest BCUT2D eigenvalue weighted by molar-refractivity contribution is 5.96. The lowest BCUT2D eigenvalue weighted by Gasteiger charge is -2.10. The molecule has 2 rings (SSSR count). The second-order valence-electron chi connectivity index (χ2n) is 16.0. The van der Waals surface area contributed by atoms with E-state index in [1.807, 2.05) is 12.1 Å². The molecule has 0 aliphatic heterocycles. The first-order chi connectivity index (χ1) is 23.7. The third kappa shape index (κ3) is 30.6. The second kappa shape index (κ2) is 30.4. The van der Waals surface area contributed by atoms with E-state index < -0.39 is 0 Å². The van der Waals surface area contributed by atoms with Gasteiger partial charge < -0.3 is 25.4 Å². The first-order valence-electron chi connectivity index (χ1n) is 19.7. The predicted octanol–water partition coefficient (Wildman–Crippen LogP) is 10.1. The van der Waals surface area contributed by atoms with E-state index in [1.165, 1.54) is 29.7 Å². The van der Waals surface area contributed by atoms with E-state index in [1.54, 1.807) is 0 Å². The minimum absolute atomic E-state index is 0.192. The SMILES string of the molecule is CC(C)CCNC(C)C.CC(C)CNCCOCCOCCCC(=O)c1ccc(CC(C)C)cc1.CC(C)CNc1ccc(CC(C)C)cc1. The maximum absolute atomic E-state index is 12.2. The van der Waals surface area contributed by atoms with Crippen LogP contribution in [0, 0.1) is 29.6 Å². The molecule has 0 saturated heterocycles. The number of hydrogen-bond donors (Lipinski definition) is 3. The Morgan fingerprint density at radius 1 is 0.580 bits per heavy atom. The lowest BCUT2D eigenvalue weighted by atomic mass is 10.00. The molecule has 50 heavy (non-hydrogen) atoms. The van der Waals surface area contributed by atoms with E-state index in [9.17, 15) is 4.79 Å². The number of carbonyl (C=O) groups is 1. The topological polar surface area (TPSA) is 71.6 Å². The van der Waals surface area contributed by atoms with Gasteiger partial charge >= 0.3 is 0 Å². The molecule has 0 saturated carbocycles. The van der Waals surface area contributed by atoms with Gasteiger partial charge in [-0.05, 0) is 91.6 Å². The Labute approximate surface area is 309 Å². The van der Waals surface area contributed by atoms with Gasteiger partial charge in [0.05, 0.1) is 19.8 Å². The van der Waals surface area contributed by atoms with E-state index >= 15 is 0 Å². The normalized spacial score (nSPS) is 11.3. The van der Waals surface area contributed by atoms with Crippen molar-refractivity contribution in [3.05, 3.63) is 65.2 Å². The summed E-state index contributed by atoms with van der Waals surface area (Å²) in [6, 6.07) is 17.5. The molecule has 0 radical (unpaired) electrons. The quantitative estimate of drug-likeness (QED) is 0.0749. The van der Waals surface area contributed by atoms with E-state index in [-0.39, 0.29) is 5.78 Å². The molecule has 0 aromatic heterocycles. The Hall–Kier alpha value is -2.25. The molecule has 3 N–H and O–H groups in total. The summed E-state index contributed by atoms with van der Waals surface area (Å²) in [5.41, 5.74) is 4.75. The van der Waals surface area contributed by atoms with E-state index in [2.05, 4.69) is 135 Å². The summed E-state index contributed by atoms with van der Waals surface area (Å²) in [4.78, 5) is 12.2. The number of carbonyl (C=O) groups excluding carboxylic acids is 1. The maximum Gasteiger partial charge on any atom is 0.162 e. The molecule has 0 aliphatic rings. The van der Waals surface area contributed by atoms with Gasteiger partial charge in [-0.1, -0.05) is 119 Å². The first kappa shape index (κ1) is 47.8. The molecule has 0 spiro atoms. The molecular formula is C44H79N3O3. The average Bonchev–Trinajstić information content (AvgIpc) is 3.03. The molecule has 0 bridgehead atoms. The summed E-state index contributed by atoms with van der Waals surface area (Å²) in [6.07, 6.45) is 4.80. The molecule has 0 aliphatic carbocycles. The van der Waals surface area contributed by atoms with Crippen molar-refractivity contribution < 1.29 is 14.3 Å². The Bertz CT molecular complexity index is 1040. The van der Waals surface area contributed by atoms with Crippen LogP contribution in [-0.2, 0) is 22.3 Å². The summed E-state index contributed by atoms with van der Waals surface area (Å²) in [6.45, 7) is 33.2. The summed E-state index contributed by atoms with van der Waals surface area (Å²) >= 11 is 0. The van der Waals surface area contributed by atoms with Crippen molar-refractivity contribution in [2.75, 3.05) is 57.9 Å². The van der Waals surface area contributed by atoms with Gasteiger partial charge in [0.25, 0.3) is 0 Å². The van der Waals surface area contributed by atoms with Gasteiger partial charge in [0, 0.05) is 43.4 Å². The van der Waals surface area contributed by atoms with Crippen LogP contribution in [0.25, 0.3) is 0 Å². The molecule has 0 amide bonds. The highest BCUT2D eigenvalue weighted by Gasteiger charge is 2.06. The minimum atomic E-state index is 0.192. The summed E-state index contributed by atoms with van der Waals surface area (Å²) in [5, 5.41) is 10.1. The van der Waals surface area contributed by atoms with Gasteiger partial charge in [0.2, 0.25) is 0 Å². The van der Waals surface area contributed by atoms with Crippen molar-refractivity contribution >= 4 is 11.5 Å². The van der Waals surface area contributed by atoms with E-state index in [4.69, 9.17) is 9.47 Å². The van der Waals surface area contributed by atoms with Crippen LogP contribution in [-0.4, -0.2) is 64.4 Å². The first-order valence-corrected chi connectivity index (χ1v) is 19.7. The summed E-state index contributed by atoms with van der Waals surface area (Å²) in [7, 11) is 0. The largest absolute Gasteiger partial charge is 0.385 e. The number of ketones is 1. The summed E-state index contributed by atoms with van der Waals surface area (Å²) in [5.74, 6) is 3.75. The Balaban J connectivity index is 0.000000836. The highest BCUT2D eigenvalue weighted by Crippen LogP contribution is 2.14. The van der Waals surface area contributed by atoms with Crippen LogP contribution in [0.1, 0.15) is 124 Å². The van der Waals surface area contributed by atoms with E-state index in [0.717, 1.165) is 56.4 Å². The molecule has 0 unspecified atom stereocenters. The van der Waals surface area contributed by atoms with Crippen molar-refractivity contribution in [1.29, 1.82) is 0 Å². The van der Waals surface area contributed by atoms with Gasteiger partial charge in [-0.2, -0.15) is 0 Å². The van der Waals surface area contributed by atoms with Crippen LogP contribution in [0.4, 0.5) is 5.69 Å². The number of anilines is 1. The number of benzene rings is 2. The minimum Gasteiger partial charge on any atom is -0.385 e. The lowest BCUT2D eigenvalue weighted by Crippen LogP contribution is -2.24. The maximum atomic E-state index is 12.2. The number of Topliss-reactive ketones (excluding diaryl/α,β-unsaturated/α-hetero) is 1. The average molecular weight is 698 g/mol. The molecule has 6 nitrogen and oxygen atoms in total. The zero-order chi connectivity index (χ0) is 37.7. The van der Waals surface area contributed by atoms with E-state index in [0.29, 0.717) is 56.6 Å². The molecular weight excluding hydrogens is 619 g/mol. The number of ether oxygens (including phenoxy) is 2. The zero-order valence-electron chi connectivity index (χ0n) is 34.5. The van der Waals surface area contributed by atoms with Crippen molar-refractivity contribution in [1.82, 2.24) is 10.6 Å². The number of rotatable bonds is 24. The number of hydrogen-bond acceptors (Lipinski definition) is 6. The van der Waals surface area contributed by atoms with Crippen LogP contribution in [0.3, 0.4) is 0 Å². The van der Waals surface area contributed by atoms with Gasteiger partial charge in [0.1, 0.15) is 0 Å². The third-order valence-electron chi connectivity index (χ3n) is 7.55. The molecule has 0 heterocycles. The van der Waals surface area contributed by atoms with Crippen molar-refractivity contribution in [2.45, 2.75) is 121 Å². The fraction of sp³-hybridized carbons (Fsp3) is 0.705. The standard InChI is InChI=1S/C22H37NO3.C14H23N.C8H19N/c1-18(2)16-20-7-9-21(10-8-20)22(24)6-5-12-25-14-15-26-13-11-23-17-19(3)4;1-11(2)9-13-5-7-14(8-6-13)15-10-12(3)4;1-7(2)5-6-9-8(3)4/h7-10,18-19,23H,5-6,11-17H2,1-4H3;5-8,11-12,15H,9-10H2,1-4H3;7-9H,5-6H2,1-4H3.